The zero-order valence-electron chi connectivity index (χ0n) is 13.1. The third-order valence-electron chi connectivity index (χ3n) is 3.90. The predicted octanol–water partition coefficient (Wildman–Crippen LogP) is 5.66. The summed E-state index contributed by atoms with van der Waals surface area (Å²) < 4.78 is 0. The fraction of sp³-hybridized carbons (Fsp3) is 0.667. The molecule has 0 aliphatic rings. The minimum absolute atomic E-state index is 0.463. The van der Waals surface area contributed by atoms with Gasteiger partial charge in [0.25, 0.3) is 0 Å². The lowest BCUT2D eigenvalue weighted by atomic mass is 9.91. The highest BCUT2D eigenvalue weighted by Gasteiger charge is 2.12. The van der Waals surface area contributed by atoms with E-state index in [0.717, 1.165) is 29.9 Å². The Morgan fingerprint density at radius 1 is 1.05 bits per heavy atom. The van der Waals surface area contributed by atoms with Crippen LogP contribution in [0.5, 0.6) is 5.75 Å². The lowest BCUT2D eigenvalue weighted by Gasteiger charge is -2.16. The van der Waals surface area contributed by atoms with E-state index in [0.29, 0.717) is 11.7 Å². The molecular formula is C18H30O. The first-order valence-corrected chi connectivity index (χ1v) is 7.87. The number of phenolic OH excluding ortho intramolecular Hbond substituents is 1. The quantitative estimate of drug-likeness (QED) is 0.640. The minimum atomic E-state index is 0.463. The van der Waals surface area contributed by atoms with Crippen LogP contribution in [0.3, 0.4) is 0 Å². The van der Waals surface area contributed by atoms with Gasteiger partial charge in [0.1, 0.15) is 5.75 Å². The van der Waals surface area contributed by atoms with Crippen molar-refractivity contribution in [3.63, 3.8) is 0 Å². The normalized spacial score (nSPS) is 12.9. The largest absolute Gasteiger partial charge is 0.507 e. The van der Waals surface area contributed by atoms with Crippen LogP contribution in [-0.2, 0) is 6.42 Å². The van der Waals surface area contributed by atoms with Crippen molar-refractivity contribution >= 4 is 0 Å². The summed E-state index contributed by atoms with van der Waals surface area (Å²) in [6, 6.07) is 6.26. The van der Waals surface area contributed by atoms with Gasteiger partial charge in [-0.05, 0) is 42.2 Å². The summed E-state index contributed by atoms with van der Waals surface area (Å²) in [6.45, 7) is 8.95. The molecule has 0 spiro atoms. The second kappa shape index (κ2) is 8.24. The molecule has 108 valence electrons. The molecule has 0 radical (unpaired) electrons. The Bertz CT molecular complexity index is 368. The molecule has 0 saturated carbocycles. The van der Waals surface area contributed by atoms with Gasteiger partial charge in [-0.15, -0.1) is 0 Å². The average Bonchev–Trinajstić information content (AvgIpc) is 2.37. The van der Waals surface area contributed by atoms with Gasteiger partial charge in [-0.1, -0.05) is 65.2 Å². The van der Waals surface area contributed by atoms with Gasteiger partial charge in [0.15, 0.2) is 0 Å². The van der Waals surface area contributed by atoms with E-state index < -0.39 is 0 Å². The fourth-order valence-electron chi connectivity index (χ4n) is 2.58. The number of hydrogen-bond acceptors (Lipinski definition) is 1. The van der Waals surface area contributed by atoms with E-state index in [2.05, 4.69) is 45.9 Å². The lowest BCUT2D eigenvalue weighted by molar-refractivity contribution is 0.448. The van der Waals surface area contributed by atoms with Crippen molar-refractivity contribution in [3.8, 4) is 5.75 Å². The van der Waals surface area contributed by atoms with Crippen molar-refractivity contribution in [3.05, 3.63) is 29.3 Å². The van der Waals surface area contributed by atoms with Crippen molar-refractivity contribution in [2.75, 3.05) is 0 Å². The highest BCUT2D eigenvalue weighted by Crippen LogP contribution is 2.32. The van der Waals surface area contributed by atoms with Crippen LogP contribution in [0.2, 0.25) is 0 Å². The second-order valence-electron chi connectivity index (χ2n) is 6.18. The predicted molar refractivity (Wildman–Crippen MR) is 83.8 cm³/mol. The Morgan fingerprint density at radius 3 is 2.42 bits per heavy atom. The van der Waals surface area contributed by atoms with Crippen molar-refractivity contribution in [1.82, 2.24) is 0 Å². The molecule has 0 bridgehead atoms. The third kappa shape index (κ3) is 5.26. The van der Waals surface area contributed by atoms with Crippen LogP contribution < -0.4 is 0 Å². The van der Waals surface area contributed by atoms with Crippen LogP contribution in [0.25, 0.3) is 0 Å². The molecule has 0 amide bonds. The number of aromatic hydroxyl groups is 1. The second-order valence-corrected chi connectivity index (χ2v) is 6.18. The summed E-state index contributed by atoms with van der Waals surface area (Å²) in [4.78, 5) is 0. The summed E-state index contributed by atoms with van der Waals surface area (Å²) in [6.07, 6.45) is 7.02. The number of hydrogen-bond donors (Lipinski definition) is 1. The molecule has 1 aromatic carbocycles. The molecular weight excluding hydrogens is 232 g/mol. The van der Waals surface area contributed by atoms with Gasteiger partial charge in [0.05, 0.1) is 0 Å². The van der Waals surface area contributed by atoms with Crippen LogP contribution in [0, 0.1) is 5.92 Å². The van der Waals surface area contributed by atoms with Gasteiger partial charge in [-0.2, -0.15) is 0 Å². The van der Waals surface area contributed by atoms with Crippen LogP contribution in [0.15, 0.2) is 18.2 Å². The van der Waals surface area contributed by atoms with E-state index in [4.69, 9.17) is 0 Å². The maximum absolute atomic E-state index is 10.4. The molecule has 1 rings (SSSR count). The van der Waals surface area contributed by atoms with Crippen LogP contribution in [0.4, 0.5) is 0 Å². The summed E-state index contributed by atoms with van der Waals surface area (Å²) >= 11 is 0. The highest BCUT2D eigenvalue weighted by molar-refractivity contribution is 5.42. The maximum atomic E-state index is 10.4. The Hall–Kier alpha value is -0.980. The molecule has 1 heteroatoms. The molecule has 1 atom stereocenters. The molecule has 0 saturated heterocycles. The average molecular weight is 262 g/mol. The SMILES string of the molecule is CCCCC(C)c1cccc(CCCC(C)C)c1O. The summed E-state index contributed by atoms with van der Waals surface area (Å²) in [5.41, 5.74) is 2.26. The molecule has 0 aliphatic heterocycles. The zero-order chi connectivity index (χ0) is 14.3. The summed E-state index contributed by atoms with van der Waals surface area (Å²) in [7, 11) is 0. The van der Waals surface area contributed by atoms with E-state index in [-0.39, 0.29) is 0 Å². The summed E-state index contributed by atoms with van der Waals surface area (Å²) in [5.74, 6) is 1.76. The van der Waals surface area contributed by atoms with Crippen molar-refractivity contribution in [2.24, 2.45) is 5.92 Å². The monoisotopic (exact) mass is 262 g/mol. The number of benzene rings is 1. The Kier molecular flexibility index (Phi) is 6.97. The molecule has 0 fully saturated rings. The standard InChI is InChI=1S/C18H30O/c1-5-6-10-15(4)17-13-8-12-16(18(17)19)11-7-9-14(2)3/h8,12-15,19H,5-7,9-11H2,1-4H3. The van der Waals surface area contributed by atoms with Gasteiger partial charge in [-0.3, -0.25) is 0 Å². The molecule has 0 aromatic heterocycles. The van der Waals surface area contributed by atoms with Crippen LogP contribution in [0.1, 0.15) is 76.8 Å². The first kappa shape index (κ1) is 16.1. The molecule has 1 nitrogen and oxygen atoms in total. The Labute approximate surface area is 119 Å². The smallest absolute Gasteiger partial charge is 0.122 e. The van der Waals surface area contributed by atoms with E-state index >= 15 is 0 Å². The van der Waals surface area contributed by atoms with E-state index in [1.807, 2.05) is 0 Å². The van der Waals surface area contributed by atoms with Gasteiger partial charge < -0.3 is 5.11 Å². The third-order valence-corrected chi connectivity index (χ3v) is 3.90. The topological polar surface area (TPSA) is 20.2 Å². The molecule has 1 aromatic rings. The molecule has 1 N–H and O–H groups in total. The zero-order valence-corrected chi connectivity index (χ0v) is 13.1. The molecule has 0 aliphatic carbocycles. The number of para-hydroxylation sites is 1. The number of phenols is 1. The van der Waals surface area contributed by atoms with E-state index in [1.165, 1.54) is 25.7 Å². The van der Waals surface area contributed by atoms with Crippen molar-refractivity contribution < 1.29 is 5.11 Å². The molecule has 19 heavy (non-hydrogen) atoms. The van der Waals surface area contributed by atoms with Gasteiger partial charge in [0.2, 0.25) is 0 Å². The minimum Gasteiger partial charge on any atom is -0.507 e. The van der Waals surface area contributed by atoms with E-state index in [1.54, 1.807) is 0 Å². The Morgan fingerprint density at radius 2 is 1.79 bits per heavy atom. The van der Waals surface area contributed by atoms with Gasteiger partial charge >= 0.3 is 0 Å². The van der Waals surface area contributed by atoms with Crippen LogP contribution in [-0.4, -0.2) is 5.11 Å². The first-order valence-electron chi connectivity index (χ1n) is 7.87. The lowest BCUT2D eigenvalue weighted by Crippen LogP contribution is -1.98. The Balaban J connectivity index is 2.68. The number of rotatable bonds is 8. The fourth-order valence-corrected chi connectivity index (χ4v) is 2.58. The van der Waals surface area contributed by atoms with Crippen molar-refractivity contribution in [2.45, 2.75) is 72.1 Å². The molecule has 1 unspecified atom stereocenters. The number of aryl methyl sites for hydroxylation is 1. The van der Waals surface area contributed by atoms with Crippen molar-refractivity contribution in [1.29, 1.82) is 0 Å². The van der Waals surface area contributed by atoms with Crippen LogP contribution >= 0.6 is 0 Å². The van der Waals surface area contributed by atoms with Gasteiger partial charge in [-0.25, -0.2) is 0 Å². The highest BCUT2D eigenvalue weighted by atomic mass is 16.3. The van der Waals surface area contributed by atoms with Gasteiger partial charge in [0, 0.05) is 0 Å². The summed E-state index contributed by atoms with van der Waals surface area (Å²) in [5, 5.41) is 10.4. The maximum Gasteiger partial charge on any atom is 0.122 e. The number of unbranched alkanes of at least 4 members (excludes halogenated alkanes) is 1. The van der Waals surface area contributed by atoms with E-state index in [9.17, 15) is 5.11 Å². The first-order chi connectivity index (χ1) is 9.06. The molecule has 0 heterocycles.